The third-order valence-corrected chi connectivity index (χ3v) is 5.95. The van der Waals surface area contributed by atoms with E-state index in [4.69, 9.17) is 9.15 Å². The van der Waals surface area contributed by atoms with E-state index in [1.165, 1.54) is 19.2 Å². The molecule has 4 rings (SSSR count). The summed E-state index contributed by atoms with van der Waals surface area (Å²) in [7, 11) is 1.38. The topological polar surface area (TPSA) is 80.5 Å². The number of hydrogen-bond acceptors (Lipinski definition) is 7. The highest BCUT2D eigenvalue weighted by Gasteiger charge is 2.25. The Morgan fingerprint density at radius 2 is 2.00 bits per heavy atom. The van der Waals surface area contributed by atoms with E-state index in [0.717, 1.165) is 36.2 Å². The molecular formula is C22H23FN4O3S. The summed E-state index contributed by atoms with van der Waals surface area (Å²) >= 11 is 1.89. The summed E-state index contributed by atoms with van der Waals surface area (Å²) in [4.78, 5) is 14.9. The zero-order valence-corrected chi connectivity index (χ0v) is 17.9. The van der Waals surface area contributed by atoms with Crippen molar-refractivity contribution in [2.75, 3.05) is 36.6 Å². The van der Waals surface area contributed by atoms with Crippen molar-refractivity contribution < 1.29 is 18.3 Å². The Balaban J connectivity index is 1.56. The van der Waals surface area contributed by atoms with Crippen molar-refractivity contribution in [1.29, 1.82) is 0 Å². The number of anilines is 1. The second-order valence-electron chi connectivity index (χ2n) is 7.09. The first-order valence-electron chi connectivity index (χ1n) is 9.98. The third kappa shape index (κ3) is 5.16. The molecule has 0 spiro atoms. The predicted molar refractivity (Wildman–Crippen MR) is 117 cm³/mol. The average molecular weight is 443 g/mol. The molecule has 2 aromatic carbocycles. The van der Waals surface area contributed by atoms with E-state index < -0.39 is 17.8 Å². The van der Waals surface area contributed by atoms with Crippen molar-refractivity contribution >= 4 is 23.7 Å². The van der Waals surface area contributed by atoms with Gasteiger partial charge >= 0.3 is 6.01 Å². The molecule has 0 radical (unpaired) electrons. The Bertz CT molecular complexity index is 1020. The fourth-order valence-electron chi connectivity index (χ4n) is 3.35. The molecule has 1 saturated heterocycles. The molecule has 9 heteroatoms. The van der Waals surface area contributed by atoms with Gasteiger partial charge in [0.2, 0.25) is 5.89 Å². The number of nitrogens with one attached hydrogen (secondary N) is 1. The summed E-state index contributed by atoms with van der Waals surface area (Å²) in [5, 5.41) is 11.3. The van der Waals surface area contributed by atoms with E-state index in [0.29, 0.717) is 18.3 Å². The number of nitrogens with zero attached hydrogens (tertiary/aromatic N) is 3. The fourth-order valence-corrected chi connectivity index (χ4v) is 4.25. The van der Waals surface area contributed by atoms with Crippen molar-refractivity contribution in [2.45, 2.75) is 12.5 Å². The lowest BCUT2D eigenvalue weighted by Crippen LogP contribution is -2.32. The molecule has 1 amide bonds. The number of thioether (sulfide) groups is 1. The number of amides is 1. The van der Waals surface area contributed by atoms with Crippen LogP contribution in [0.1, 0.15) is 27.9 Å². The highest BCUT2D eigenvalue weighted by atomic mass is 32.2. The summed E-state index contributed by atoms with van der Waals surface area (Å²) in [6.07, 6.45) is 0.461. The molecule has 7 nitrogen and oxygen atoms in total. The van der Waals surface area contributed by atoms with Gasteiger partial charge in [-0.1, -0.05) is 35.4 Å². The second-order valence-corrected chi connectivity index (χ2v) is 8.31. The van der Waals surface area contributed by atoms with Crippen LogP contribution in [0.25, 0.3) is 0 Å². The van der Waals surface area contributed by atoms with Gasteiger partial charge in [-0.25, -0.2) is 4.39 Å². The molecule has 0 bridgehead atoms. The monoisotopic (exact) mass is 442 g/mol. The lowest BCUT2D eigenvalue weighted by molar-refractivity contribution is 0.0929. The molecule has 1 aromatic heterocycles. The smallest absolute Gasteiger partial charge is 0.318 e. The molecule has 1 unspecified atom stereocenters. The van der Waals surface area contributed by atoms with Crippen LogP contribution >= 0.6 is 11.8 Å². The number of hydrogen-bond donors (Lipinski definition) is 1. The Morgan fingerprint density at radius 3 is 2.71 bits per heavy atom. The van der Waals surface area contributed by atoms with Crippen LogP contribution in [0.4, 0.5) is 10.4 Å². The first-order valence-corrected chi connectivity index (χ1v) is 11.1. The molecule has 31 heavy (non-hydrogen) atoms. The van der Waals surface area contributed by atoms with E-state index in [2.05, 4.69) is 15.5 Å². The maximum absolute atomic E-state index is 14.1. The third-order valence-electron chi connectivity index (χ3n) is 5.01. The van der Waals surface area contributed by atoms with Gasteiger partial charge in [-0.2, -0.15) is 11.8 Å². The van der Waals surface area contributed by atoms with Gasteiger partial charge in [0.15, 0.2) is 11.6 Å². The summed E-state index contributed by atoms with van der Waals surface area (Å²) in [6, 6.07) is 13.7. The molecule has 1 N–H and O–H groups in total. The van der Waals surface area contributed by atoms with E-state index in [-0.39, 0.29) is 11.3 Å². The van der Waals surface area contributed by atoms with Gasteiger partial charge in [-0.3, -0.25) is 4.79 Å². The Morgan fingerprint density at radius 1 is 1.23 bits per heavy atom. The minimum absolute atomic E-state index is 0.0821. The van der Waals surface area contributed by atoms with Crippen LogP contribution in [0.5, 0.6) is 5.75 Å². The van der Waals surface area contributed by atoms with Gasteiger partial charge in [0.25, 0.3) is 5.91 Å². The van der Waals surface area contributed by atoms with Crippen LogP contribution in [-0.2, 0) is 6.42 Å². The zero-order valence-electron chi connectivity index (χ0n) is 17.1. The Labute approximate surface area is 184 Å². The summed E-state index contributed by atoms with van der Waals surface area (Å²) < 4.78 is 24.9. The van der Waals surface area contributed by atoms with Crippen molar-refractivity contribution in [3.05, 3.63) is 71.4 Å². The highest BCUT2D eigenvalue weighted by Crippen LogP contribution is 2.24. The molecule has 2 heterocycles. The Hall–Kier alpha value is -3.07. The van der Waals surface area contributed by atoms with Gasteiger partial charge in [0.1, 0.15) is 6.04 Å². The molecular weight excluding hydrogens is 419 g/mol. The van der Waals surface area contributed by atoms with Gasteiger partial charge in [-0.15, -0.1) is 5.10 Å². The van der Waals surface area contributed by atoms with Crippen LogP contribution < -0.4 is 15.0 Å². The number of halogens is 1. The van der Waals surface area contributed by atoms with Crippen LogP contribution in [-0.4, -0.2) is 47.8 Å². The first kappa shape index (κ1) is 21.2. The van der Waals surface area contributed by atoms with Crippen molar-refractivity contribution in [3.8, 4) is 5.75 Å². The second kappa shape index (κ2) is 9.82. The van der Waals surface area contributed by atoms with E-state index in [1.807, 2.05) is 47.0 Å². The maximum atomic E-state index is 14.1. The standard InChI is InChI=1S/C22H23FN4O3S/c1-29-19-8-7-16(14-17(19)23)20(28)24-18(13-15-5-3-2-4-6-15)21-25-26-22(30-21)27-9-11-31-12-10-27/h2-8,14,18H,9-13H2,1H3,(H,24,28). The average Bonchev–Trinajstić information content (AvgIpc) is 3.30. The lowest BCUT2D eigenvalue weighted by Gasteiger charge is -2.24. The number of carbonyl (C=O) groups excluding carboxylic acids is 1. The van der Waals surface area contributed by atoms with E-state index in [1.54, 1.807) is 0 Å². The molecule has 0 saturated carbocycles. The lowest BCUT2D eigenvalue weighted by atomic mass is 10.1. The summed E-state index contributed by atoms with van der Waals surface area (Å²) in [5.41, 5.74) is 1.19. The number of benzene rings is 2. The van der Waals surface area contributed by atoms with Crippen molar-refractivity contribution in [2.24, 2.45) is 0 Å². The number of ether oxygens (including phenoxy) is 1. The SMILES string of the molecule is COc1ccc(C(=O)NC(Cc2ccccc2)c2nnc(N3CCSCC3)o2)cc1F. The predicted octanol–water partition coefficient (Wildman–Crippen LogP) is 3.48. The number of methoxy groups -OCH3 is 1. The van der Waals surface area contributed by atoms with Crippen LogP contribution in [0.2, 0.25) is 0 Å². The van der Waals surface area contributed by atoms with Crippen LogP contribution in [0.15, 0.2) is 52.9 Å². The molecule has 1 atom stereocenters. The Kier molecular flexibility index (Phi) is 6.71. The summed E-state index contributed by atoms with van der Waals surface area (Å²) in [5.74, 6) is 1.38. The molecule has 1 aliphatic rings. The van der Waals surface area contributed by atoms with Crippen molar-refractivity contribution in [3.63, 3.8) is 0 Å². The minimum Gasteiger partial charge on any atom is -0.494 e. The number of carbonyl (C=O) groups is 1. The van der Waals surface area contributed by atoms with Gasteiger partial charge in [0, 0.05) is 36.6 Å². The fraction of sp³-hybridized carbons (Fsp3) is 0.318. The summed E-state index contributed by atoms with van der Waals surface area (Å²) in [6.45, 7) is 1.68. The van der Waals surface area contributed by atoms with Crippen LogP contribution in [0, 0.1) is 5.82 Å². The molecule has 1 aliphatic heterocycles. The molecule has 0 aliphatic carbocycles. The number of rotatable bonds is 7. The molecule has 3 aromatic rings. The quantitative estimate of drug-likeness (QED) is 0.600. The first-order chi connectivity index (χ1) is 15.1. The maximum Gasteiger partial charge on any atom is 0.318 e. The molecule has 162 valence electrons. The van der Waals surface area contributed by atoms with E-state index >= 15 is 0 Å². The number of aromatic nitrogens is 2. The molecule has 1 fully saturated rings. The van der Waals surface area contributed by atoms with Crippen molar-refractivity contribution in [1.82, 2.24) is 15.5 Å². The minimum atomic E-state index is -0.599. The zero-order chi connectivity index (χ0) is 21.6. The van der Waals surface area contributed by atoms with Gasteiger partial charge in [-0.05, 0) is 23.8 Å². The van der Waals surface area contributed by atoms with Crippen LogP contribution in [0.3, 0.4) is 0 Å². The highest BCUT2D eigenvalue weighted by molar-refractivity contribution is 7.99. The van der Waals surface area contributed by atoms with Gasteiger partial charge < -0.3 is 19.4 Å². The van der Waals surface area contributed by atoms with E-state index in [9.17, 15) is 9.18 Å². The normalized spacial score (nSPS) is 14.8. The van der Waals surface area contributed by atoms with Gasteiger partial charge in [0.05, 0.1) is 7.11 Å². The largest absolute Gasteiger partial charge is 0.494 e.